The van der Waals surface area contributed by atoms with Gasteiger partial charge in [0.05, 0.1) is 1.37 Å². The molecule has 0 fully saturated rings. The summed E-state index contributed by atoms with van der Waals surface area (Å²) < 4.78 is 6.93. The maximum Gasteiger partial charge on any atom is 0.0579 e. The minimum atomic E-state index is 0.718. The summed E-state index contributed by atoms with van der Waals surface area (Å²) in [7, 11) is 0. The predicted octanol–water partition coefficient (Wildman–Crippen LogP) is 1.50. The van der Waals surface area contributed by atoms with Crippen LogP contribution in [0.1, 0.15) is 7.79 Å². The van der Waals surface area contributed by atoms with E-state index in [9.17, 15) is 0 Å². The zero-order valence-electron chi connectivity index (χ0n) is 3.94. The van der Waals surface area contributed by atoms with E-state index in [-0.39, 0.29) is 0 Å². The van der Waals surface area contributed by atoms with Gasteiger partial charge in [0.2, 0.25) is 0 Å². The van der Waals surface area contributed by atoms with E-state index in [1.54, 1.807) is 6.08 Å². The van der Waals surface area contributed by atoms with Crippen molar-refractivity contribution >= 4 is 0 Å². The van der Waals surface area contributed by atoms with Crippen molar-refractivity contribution in [3.8, 4) is 0 Å². The molecule has 0 heterocycles. The predicted molar refractivity (Wildman–Crippen MR) is 22.9 cm³/mol. The Labute approximate surface area is 33.2 Å². The van der Waals surface area contributed by atoms with E-state index in [2.05, 4.69) is 0 Å². The van der Waals surface area contributed by atoms with Crippen molar-refractivity contribution < 1.29 is 1.37 Å². The number of hydrogen-bond donors (Lipinski definition) is 0. The minimum Gasteiger partial charge on any atom is -0.0808 e. The first-order valence-corrected chi connectivity index (χ1v) is 1.72. The lowest BCUT2D eigenvalue weighted by atomic mass is 10.5. The Morgan fingerprint density at radius 3 is 2.80 bits per heavy atom. The van der Waals surface area contributed by atoms with Gasteiger partial charge in [-0.1, -0.05) is 24.3 Å². The molecule has 0 bridgehead atoms. The molecule has 26 valence electrons. The fourth-order valence-corrected chi connectivity index (χ4v) is 0.340. The molecule has 0 aromatic heterocycles. The van der Waals surface area contributed by atoms with Crippen molar-refractivity contribution in [1.29, 1.82) is 0 Å². The average Bonchev–Trinajstić information content (AvgIpc) is 1.86. The van der Waals surface area contributed by atoms with Crippen molar-refractivity contribution in [2.45, 2.75) is 6.42 Å². The summed E-state index contributed by atoms with van der Waals surface area (Å²) in [6, 6.07) is 0.718. The van der Waals surface area contributed by atoms with Crippen LogP contribution in [0.2, 0.25) is 0 Å². The topological polar surface area (TPSA) is 0 Å². The largest absolute Gasteiger partial charge is 0.0808 e. The molecule has 0 aromatic carbocycles. The monoisotopic (exact) mass is 67.1 g/mol. The summed E-state index contributed by atoms with van der Waals surface area (Å²) in [5.41, 5.74) is 0. The van der Waals surface area contributed by atoms with Gasteiger partial charge in [0, 0.05) is 0 Å². The molecule has 0 radical (unpaired) electrons. The second-order valence-corrected chi connectivity index (χ2v) is 1.00. The van der Waals surface area contributed by atoms with Gasteiger partial charge < -0.3 is 0 Å². The summed E-state index contributed by atoms with van der Waals surface area (Å²) in [5.74, 6) is 0. The smallest absolute Gasteiger partial charge is 0.0579 e. The minimum absolute atomic E-state index is 0.718. The highest BCUT2D eigenvalue weighted by Crippen LogP contribution is 1.93. The summed E-state index contributed by atoms with van der Waals surface area (Å²) in [6.07, 6.45) is 6.52. The van der Waals surface area contributed by atoms with Crippen LogP contribution in [0.3, 0.4) is 0 Å². The molecule has 0 saturated heterocycles. The lowest BCUT2D eigenvalue weighted by molar-refractivity contribution is 1.45. The summed E-state index contributed by atoms with van der Waals surface area (Å²) >= 11 is 0. The lowest BCUT2D eigenvalue weighted by Gasteiger charge is -1.57. The Hall–Kier alpha value is -0.520. The highest BCUT2D eigenvalue weighted by atomic mass is 13.8. The zero-order valence-corrected chi connectivity index (χ0v) is 2.94. The molecule has 1 aliphatic carbocycles. The standard InChI is InChI=1S/C5H6/c1-2-4-5-3-1/h1-4H,5H2/i3D. The highest BCUT2D eigenvalue weighted by molar-refractivity contribution is 5.11. The molecule has 0 amide bonds. The number of hydrogen-bond acceptors (Lipinski definition) is 0. The Bertz CT molecular complexity index is 101. The van der Waals surface area contributed by atoms with E-state index in [0.29, 0.717) is 0 Å². The third-order valence-corrected chi connectivity index (χ3v) is 0.586. The summed E-state index contributed by atoms with van der Waals surface area (Å²) in [5, 5.41) is 0. The van der Waals surface area contributed by atoms with Crippen LogP contribution >= 0.6 is 0 Å². The second kappa shape index (κ2) is 1.07. The van der Waals surface area contributed by atoms with Crippen LogP contribution in [0.4, 0.5) is 0 Å². The number of allylic oxidation sites excluding steroid dienone is 4. The fraction of sp³-hybridized carbons (Fsp3) is 0.200. The van der Waals surface area contributed by atoms with Crippen LogP contribution < -0.4 is 0 Å². The van der Waals surface area contributed by atoms with Gasteiger partial charge in [-0.3, -0.25) is 0 Å². The van der Waals surface area contributed by atoms with E-state index in [1.165, 1.54) is 0 Å². The average molecular weight is 67.1 g/mol. The van der Waals surface area contributed by atoms with Gasteiger partial charge in [0.1, 0.15) is 0 Å². The summed E-state index contributed by atoms with van der Waals surface area (Å²) in [6.45, 7) is 0. The van der Waals surface area contributed by atoms with E-state index in [4.69, 9.17) is 1.37 Å². The lowest BCUT2D eigenvalue weighted by Crippen LogP contribution is -1.37. The maximum absolute atomic E-state index is 6.93. The molecule has 0 N–H and O–H groups in total. The van der Waals surface area contributed by atoms with E-state index >= 15 is 0 Å². The van der Waals surface area contributed by atoms with Gasteiger partial charge in [-0.2, -0.15) is 0 Å². The molecule has 0 nitrogen and oxygen atoms in total. The Morgan fingerprint density at radius 1 is 1.60 bits per heavy atom. The van der Waals surface area contributed by atoms with Crippen LogP contribution in [-0.2, 0) is 0 Å². The van der Waals surface area contributed by atoms with Crippen molar-refractivity contribution in [2.24, 2.45) is 0 Å². The molecule has 0 saturated carbocycles. The van der Waals surface area contributed by atoms with Gasteiger partial charge >= 0.3 is 0 Å². The molecule has 5 heavy (non-hydrogen) atoms. The van der Waals surface area contributed by atoms with Gasteiger partial charge in [-0.05, 0) is 6.42 Å². The van der Waals surface area contributed by atoms with Crippen molar-refractivity contribution in [1.82, 2.24) is 0 Å². The first-order chi connectivity index (χ1) is 2.89. The SMILES string of the molecule is [2H]C1=CC=CC1. The molecule has 1 aliphatic rings. The molecule has 0 unspecified atom stereocenters. The van der Waals surface area contributed by atoms with E-state index < -0.39 is 0 Å². The molecule has 0 aromatic rings. The van der Waals surface area contributed by atoms with E-state index in [0.717, 1.165) is 12.5 Å². The first kappa shape index (κ1) is 1.81. The maximum atomic E-state index is 6.93. The molecular formula is C5H6. The van der Waals surface area contributed by atoms with Crippen molar-refractivity contribution in [2.75, 3.05) is 0 Å². The van der Waals surface area contributed by atoms with Crippen molar-refractivity contribution in [3.05, 3.63) is 24.3 Å². The third kappa shape index (κ3) is 0.380. The van der Waals surface area contributed by atoms with Gasteiger partial charge in [-0.25, -0.2) is 0 Å². The molecule has 0 aliphatic heterocycles. The molecule has 0 spiro atoms. The van der Waals surface area contributed by atoms with Crippen LogP contribution in [0.5, 0.6) is 0 Å². The normalized spacial score (nSPS) is 22.4. The molecule has 1 rings (SSSR count). The first-order valence-electron chi connectivity index (χ1n) is 2.22. The Morgan fingerprint density at radius 2 is 2.60 bits per heavy atom. The highest BCUT2D eigenvalue weighted by Gasteiger charge is 1.72. The van der Waals surface area contributed by atoms with Gasteiger partial charge in [0.25, 0.3) is 0 Å². The van der Waals surface area contributed by atoms with Crippen LogP contribution in [0.25, 0.3) is 0 Å². The zero-order chi connectivity index (χ0) is 4.41. The van der Waals surface area contributed by atoms with E-state index in [1.807, 2.05) is 12.2 Å². The quantitative estimate of drug-likeness (QED) is 0.403. The van der Waals surface area contributed by atoms with Crippen LogP contribution in [-0.4, -0.2) is 0 Å². The summed E-state index contributed by atoms with van der Waals surface area (Å²) in [4.78, 5) is 0. The number of rotatable bonds is 0. The molecule has 0 heteroatoms. The Balaban J connectivity index is 2.61. The van der Waals surface area contributed by atoms with Crippen LogP contribution in [0.15, 0.2) is 24.3 Å². The Kier molecular flexibility index (Phi) is 0.385. The van der Waals surface area contributed by atoms with Crippen LogP contribution in [0, 0.1) is 0 Å². The van der Waals surface area contributed by atoms with Gasteiger partial charge in [0.15, 0.2) is 0 Å². The van der Waals surface area contributed by atoms with Gasteiger partial charge in [-0.15, -0.1) is 0 Å². The molecule has 0 atom stereocenters. The second-order valence-electron chi connectivity index (χ2n) is 1.00. The molecular weight excluding hydrogens is 60.1 g/mol. The fourth-order valence-electron chi connectivity index (χ4n) is 0.340. The third-order valence-electron chi connectivity index (χ3n) is 0.586. The van der Waals surface area contributed by atoms with Crippen molar-refractivity contribution in [3.63, 3.8) is 0 Å².